The quantitative estimate of drug-likeness (QED) is 0.776. The Balaban J connectivity index is 1.74. The fourth-order valence-electron chi connectivity index (χ4n) is 2.49. The highest BCUT2D eigenvalue weighted by molar-refractivity contribution is 5.20. The molecule has 3 rings (SSSR count). The van der Waals surface area contributed by atoms with Gasteiger partial charge < -0.3 is 0 Å². The van der Waals surface area contributed by atoms with Gasteiger partial charge in [-0.1, -0.05) is 0 Å². The summed E-state index contributed by atoms with van der Waals surface area (Å²) in [5.41, 5.74) is 2.80. The molecule has 0 bridgehead atoms. The van der Waals surface area contributed by atoms with Crippen LogP contribution in [-0.2, 0) is 19.5 Å². The van der Waals surface area contributed by atoms with E-state index in [9.17, 15) is 0 Å². The first-order valence-electron chi connectivity index (χ1n) is 6.51. The highest BCUT2D eigenvalue weighted by Crippen LogP contribution is 2.31. The van der Waals surface area contributed by atoms with E-state index in [0.717, 1.165) is 25.4 Å². The fraction of sp³-hybridized carbons (Fsp3) is 0.769. The van der Waals surface area contributed by atoms with Crippen LogP contribution in [0.5, 0.6) is 0 Å². The molecule has 0 N–H and O–H groups in total. The summed E-state index contributed by atoms with van der Waals surface area (Å²) in [5.74, 6) is 0.919. The summed E-state index contributed by atoms with van der Waals surface area (Å²) < 4.78 is 2.19. The molecule has 1 aliphatic heterocycles. The van der Waals surface area contributed by atoms with Crippen LogP contribution in [0.15, 0.2) is 6.20 Å². The second-order valence-electron chi connectivity index (χ2n) is 5.58. The molecule has 3 heteroatoms. The number of fused-ring (bicyclic) bond motifs is 1. The highest BCUT2D eigenvalue weighted by Gasteiger charge is 2.25. The monoisotopic (exact) mass is 219 g/mol. The Morgan fingerprint density at radius 1 is 1.44 bits per heavy atom. The van der Waals surface area contributed by atoms with Crippen molar-refractivity contribution < 1.29 is 0 Å². The lowest BCUT2D eigenvalue weighted by Crippen LogP contribution is -2.35. The van der Waals surface area contributed by atoms with Crippen LogP contribution in [0.4, 0.5) is 0 Å². The van der Waals surface area contributed by atoms with Crippen LogP contribution < -0.4 is 0 Å². The number of aromatic nitrogens is 2. The molecule has 0 aromatic carbocycles. The van der Waals surface area contributed by atoms with Crippen LogP contribution in [0.25, 0.3) is 0 Å². The molecule has 3 nitrogen and oxygen atoms in total. The van der Waals surface area contributed by atoms with Gasteiger partial charge in [-0.3, -0.25) is 9.58 Å². The summed E-state index contributed by atoms with van der Waals surface area (Å²) in [6.07, 6.45) is 6.22. The zero-order chi connectivity index (χ0) is 11.1. The number of nitrogens with zero attached hydrogens (tertiary/aromatic N) is 3. The van der Waals surface area contributed by atoms with Crippen molar-refractivity contribution in [1.29, 1.82) is 0 Å². The first-order valence-corrected chi connectivity index (χ1v) is 6.51. The van der Waals surface area contributed by atoms with Crippen molar-refractivity contribution in [3.05, 3.63) is 17.5 Å². The average molecular weight is 219 g/mol. The van der Waals surface area contributed by atoms with Gasteiger partial charge in [0.05, 0.1) is 5.69 Å². The van der Waals surface area contributed by atoms with Crippen LogP contribution in [0.2, 0.25) is 0 Å². The molecule has 0 saturated heterocycles. The third-order valence-corrected chi connectivity index (χ3v) is 3.81. The summed E-state index contributed by atoms with van der Waals surface area (Å²) in [5, 5.41) is 4.71. The standard InChI is InChI=1S/C13H21N3/c1-10(2)15-6-5-13-12(8-15)9-16(14-13)7-11-3-4-11/h9-11H,3-8H2,1-2H3. The smallest absolute Gasteiger partial charge is 0.0682 e. The van der Waals surface area contributed by atoms with E-state index < -0.39 is 0 Å². The first kappa shape index (κ1) is 10.3. The summed E-state index contributed by atoms with van der Waals surface area (Å²) in [7, 11) is 0. The van der Waals surface area contributed by atoms with Gasteiger partial charge in [-0.25, -0.2) is 0 Å². The molecule has 1 fully saturated rings. The number of hydrogen-bond acceptors (Lipinski definition) is 2. The Hall–Kier alpha value is -0.830. The summed E-state index contributed by atoms with van der Waals surface area (Å²) in [6.45, 7) is 7.97. The molecule has 1 aliphatic carbocycles. The van der Waals surface area contributed by atoms with Crippen LogP contribution >= 0.6 is 0 Å². The molecular weight excluding hydrogens is 198 g/mol. The third-order valence-electron chi connectivity index (χ3n) is 3.81. The largest absolute Gasteiger partial charge is 0.296 e. The van der Waals surface area contributed by atoms with Gasteiger partial charge in [0.1, 0.15) is 0 Å². The van der Waals surface area contributed by atoms with Gasteiger partial charge in [-0.2, -0.15) is 5.10 Å². The van der Waals surface area contributed by atoms with Crippen molar-refractivity contribution in [2.45, 2.75) is 52.2 Å². The maximum absolute atomic E-state index is 4.71. The number of rotatable bonds is 3. The Morgan fingerprint density at radius 2 is 2.25 bits per heavy atom. The van der Waals surface area contributed by atoms with Gasteiger partial charge in [0.15, 0.2) is 0 Å². The van der Waals surface area contributed by atoms with Gasteiger partial charge in [-0.05, 0) is 32.6 Å². The minimum absolute atomic E-state index is 0.653. The molecule has 88 valence electrons. The number of hydrogen-bond donors (Lipinski definition) is 0. The SMILES string of the molecule is CC(C)N1CCc2nn(CC3CC3)cc2C1. The fourth-order valence-corrected chi connectivity index (χ4v) is 2.49. The molecule has 0 radical (unpaired) electrons. The van der Waals surface area contributed by atoms with E-state index in [1.165, 1.54) is 30.6 Å². The van der Waals surface area contributed by atoms with Crippen molar-refractivity contribution in [2.75, 3.05) is 6.54 Å². The highest BCUT2D eigenvalue weighted by atomic mass is 15.3. The van der Waals surface area contributed by atoms with Gasteiger partial charge in [0.25, 0.3) is 0 Å². The van der Waals surface area contributed by atoms with Crippen molar-refractivity contribution >= 4 is 0 Å². The predicted molar refractivity (Wildman–Crippen MR) is 64.2 cm³/mol. The molecule has 0 spiro atoms. The predicted octanol–water partition coefficient (Wildman–Crippen LogP) is 2.06. The van der Waals surface area contributed by atoms with E-state index in [2.05, 4.69) is 29.6 Å². The average Bonchev–Trinajstić information content (AvgIpc) is 2.96. The van der Waals surface area contributed by atoms with Crippen molar-refractivity contribution in [2.24, 2.45) is 5.92 Å². The maximum Gasteiger partial charge on any atom is 0.0682 e. The normalized spacial score (nSPS) is 21.4. The Kier molecular flexibility index (Phi) is 2.51. The lowest BCUT2D eigenvalue weighted by molar-refractivity contribution is 0.203. The van der Waals surface area contributed by atoms with E-state index in [1.807, 2.05) is 0 Å². The van der Waals surface area contributed by atoms with Crippen molar-refractivity contribution in [1.82, 2.24) is 14.7 Å². The van der Waals surface area contributed by atoms with E-state index >= 15 is 0 Å². The zero-order valence-electron chi connectivity index (χ0n) is 10.3. The summed E-state index contributed by atoms with van der Waals surface area (Å²) >= 11 is 0. The van der Waals surface area contributed by atoms with Crippen LogP contribution in [-0.4, -0.2) is 27.3 Å². The van der Waals surface area contributed by atoms with Gasteiger partial charge in [0, 0.05) is 43.9 Å². The van der Waals surface area contributed by atoms with Crippen molar-refractivity contribution in [3.8, 4) is 0 Å². The second-order valence-corrected chi connectivity index (χ2v) is 5.58. The molecule has 0 unspecified atom stereocenters. The van der Waals surface area contributed by atoms with Gasteiger partial charge in [0.2, 0.25) is 0 Å². The molecule has 0 atom stereocenters. The van der Waals surface area contributed by atoms with Crippen LogP contribution in [0.3, 0.4) is 0 Å². The Labute approximate surface area is 97.4 Å². The minimum atomic E-state index is 0.653. The molecule has 1 aromatic heterocycles. The Bertz CT molecular complexity index is 377. The molecule has 0 amide bonds. The second kappa shape index (κ2) is 3.88. The van der Waals surface area contributed by atoms with E-state index in [0.29, 0.717) is 6.04 Å². The molecule has 1 aromatic rings. The molecular formula is C13H21N3. The lowest BCUT2D eigenvalue weighted by atomic mass is 10.1. The van der Waals surface area contributed by atoms with Crippen molar-refractivity contribution in [3.63, 3.8) is 0 Å². The molecule has 1 saturated carbocycles. The van der Waals surface area contributed by atoms with E-state index in [-0.39, 0.29) is 0 Å². The molecule has 2 heterocycles. The summed E-state index contributed by atoms with van der Waals surface area (Å²) in [4.78, 5) is 2.53. The van der Waals surface area contributed by atoms with E-state index in [4.69, 9.17) is 5.10 Å². The Morgan fingerprint density at radius 3 is 2.94 bits per heavy atom. The van der Waals surface area contributed by atoms with Crippen LogP contribution in [0.1, 0.15) is 37.9 Å². The first-order chi connectivity index (χ1) is 7.72. The maximum atomic E-state index is 4.71. The molecule has 2 aliphatic rings. The topological polar surface area (TPSA) is 21.1 Å². The van der Waals surface area contributed by atoms with E-state index in [1.54, 1.807) is 0 Å². The van der Waals surface area contributed by atoms with Gasteiger partial charge >= 0.3 is 0 Å². The minimum Gasteiger partial charge on any atom is -0.296 e. The third kappa shape index (κ3) is 2.01. The lowest BCUT2D eigenvalue weighted by Gasteiger charge is -2.29. The van der Waals surface area contributed by atoms with Gasteiger partial charge in [-0.15, -0.1) is 0 Å². The van der Waals surface area contributed by atoms with Crippen LogP contribution in [0, 0.1) is 5.92 Å². The molecule has 16 heavy (non-hydrogen) atoms. The summed E-state index contributed by atoms with van der Waals surface area (Å²) in [6, 6.07) is 0.653. The zero-order valence-corrected chi connectivity index (χ0v) is 10.3.